The number of carbonyl (C=O) groups excluding carboxylic acids is 1. The second-order valence-electron chi connectivity index (χ2n) is 2.74. The average molecular weight is 215 g/mol. The Morgan fingerprint density at radius 2 is 2.29 bits per heavy atom. The van der Waals surface area contributed by atoms with Crippen molar-refractivity contribution in [2.75, 3.05) is 18.9 Å². The molecule has 0 unspecified atom stereocenters. The van der Waals surface area contributed by atoms with E-state index in [1.54, 1.807) is 19.2 Å². The van der Waals surface area contributed by atoms with Gasteiger partial charge in [0.25, 0.3) is 0 Å². The van der Waals surface area contributed by atoms with Crippen molar-refractivity contribution in [2.45, 2.75) is 0 Å². The Morgan fingerprint density at radius 1 is 1.57 bits per heavy atom. The van der Waals surface area contributed by atoms with Gasteiger partial charge in [0.1, 0.15) is 5.75 Å². The molecule has 0 saturated carbocycles. The largest absolute Gasteiger partial charge is 0.506 e. The second kappa shape index (κ2) is 4.83. The van der Waals surface area contributed by atoms with Crippen molar-refractivity contribution in [3.8, 4) is 5.75 Å². The molecule has 1 aromatic carbocycles. The Bertz CT molecular complexity index is 342. The zero-order valence-corrected chi connectivity index (χ0v) is 8.43. The van der Waals surface area contributed by atoms with Gasteiger partial charge in [-0.15, -0.1) is 0 Å². The number of halogens is 1. The first-order chi connectivity index (χ1) is 6.63. The van der Waals surface area contributed by atoms with Gasteiger partial charge in [-0.1, -0.05) is 11.6 Å². The molecule has 1 rings (SSSR count). The maximum atomic E-state index is 11.1. The fraction of sp³-hybridized carbons (Fsp3) is 0.222. The molecule has 0 aliphatic heterocycles. The van der Waals surface area contributed by atoms with E-state index in [1.165, 1.54) is 6.07 Å². The van der Waals surface area contributed by atoms with Crippen molar-refractivity contribution in [1.82, 2.24) is 5.32 Å². The standard InChI is InChI=1S/C9H11ClN2O2/c1-11-5-9(14)12-7-3-2-6(10)4-8(7)13/h2-4,11,13H,5H2,1H3,(H,12,14). The molecule has 0 spiro atoms. The monoisotopic (exact) mass is 214 g/mol. The van der Waals surface area contributed by atoms with Crippen LogP contribution in [0.25, 0.3) is 0 Å². The predicted molar refractivity (Wildman–Crippen MR) is 55.7 cm³/mol. The number of anilines is 1. The van der Waals surface area contributed by atoms with E-state index >= 15 is 0 Å². The van der Waals surface area contributed by atoms with E-state index < -0.39 is 0 Å². The normalized spacial score (nSPS) is 9.86. The van der Waals surface area contributed by atoms with Gasteiger partial charge < -0.3 is 15.7 Å². The SMILES string of the molecule is CNCC(=O)Nc1ccc(Cl)cc1O. The predicted octanol–water partition coefficient (Wildman–Crippen LogP) is 1.20. The third-order valence-electron chi connectivity index (χ3n) is 1.57. The lowest BCUT2D eigenvalue weighted by Crippen LogP contribution is -2.25. The number of hydrogen-bond donors (Lipinski definition) is 3. The van der Waals surface area contributed by atoms with Crippen LogP contribution in [0, 0.1) is 0 Å². The van der Waals surface area contributed by atoms with Gasteiger partial charge in [0.05, 0.1) is 12.2 Å². The molecule has 3 N–H and O–H groups in total. The summed E-state index contributed by atoms with van der Waals surface area (Å²) in [6.07, 6.45) is 0. The van der Waals surface area contributed by atoms with E-state index in [0.717, 1.165) is 0 Å². The summed E-state index contributed by atoms with van der Waals surface area (Å²) in [5, 5.41) is 15.0. The van der Waals surface area contributed by atoms with Crippen molar-refractivity contribution in [3.05, 3.63) is 23.2 Å². The number of hydrogen-bond acceptors (Lipinski definition) is 3. The Morgan fingerprint density at radius 3 is 2.86 bits per heavy atom. The minimum atomic E-state index is -0.217. The third-order valence-corrected chi connectivity index (χ3v) is 1.81. The summed E-state index contributed by atoms with van der Waals surface area (Å²) < 4.78 is 0. The van der Waals surface area contributed by atoms with Gasteiger partial charge in [-0.25, -0.2) is 0 Å². The molecule has 0 radical (unpaired) electrons. The average Bonchev–Trinajstić information content (AvgIpc) is 2.10. The van der Waals surface area contributed by atoms with Gasteiger partial charge in [-0.05, 0) is 19.2 Å². The molecular formula is C9H11ClN2O2. The van der Waals surface area contributed by atoms with Crippen LogP contribution in [0.1, 0.15) is 0 Å². The molecule has 0 atom stereocenters. The quantitative estimate of drug-likeness (QED) is 0.663. The van der Waals surface area contributed by atoms with E-state index in [2.05, 4.69) is 10.6 Å². The maximum Gasteiger partial charge on any atom is 0.238 e. The van der Waals surface area contributed by atoms with E-state index in [0.29, 0.717) is 10.7 Å². The highest BCUT2D eigenvalue weighted by atomic mass is 35.5. The fourth-order valence-electron chi connectivity index (χ4n) is 0.965. The van der Waals surface area contributed by atoms with Gasteiger partial charge in [0, 0.05) is 11.1 Å². The number of aromatic hydroxyl groups is 1. The van der Waals surface area contributed by atoms with E-state index in [9.17, 15) is 9.90 Å². The highest BCUT2D eigenvalue weighted by molar-refractivity contribution is 6.30. The van der Waals surface area contributed by atoms with Crippen molar-refractivity contribution in [3.63, 3.8) is 0 Å². The lowest BCUT2D eigenvalue weighted by molar-refractivity contribution is -0.115. The number of nitrogens with one attached hydrogen (secondary N) is 2. The molecule has 1 amide bonds. The number of phenolic OH excluding ortho intramolecular Hbond substituents is 1. The molecule has 1 aromatic rings. The maximum absolute atomic E-state index is 11.1. The fourth-order valence-corrected chi connectivity index (χ4v) is 1.13. The number of rotatable bonds is 3. The summed E-state index contributed by atoms with van der Waals surface area (Å²) in [6.45, 7) is 0.196. The van der Waals surface area contributed by atoms with Crippen LogP contribution in [0.15, 0.2) is 18.2 Å². The first kappa shape index (κ1) is 10.8. The molecule has 0 saturated heterocycles. The first-order valence-electron chi connectivity index (χ1n) is 4.06. The summed E-state index contributed by atoms with van der Waals surface area (Å²) in [5.74, 6) is -0.257. The molecule has 0 fully saturated rings. The zero-order valence-electron chi connectivity index (χ0n) is 7.67. The van der Waals surface area contributed by atoms with Crippen LogP contribution in [-0.4, -0.2) is 24.6 Å². The van der Waals surface area contributed by atoms with E-state index in [-0.39, 0.29) is 18.2 Å². The smallest absolute Gasteiger partial charge is 0.238 e. The van der Waals surface area contributed by atoms with Crippen LogP contribution in [-0.2, 0) is 4.79 Å². The highest BCUT2D eigenvalue weighted by Gasteiger charge is 2.05. The first-order valence-corrected chi connectivity index (χ1v) is 4.44. The van der Waals surface area contributed by atoms with E-state index in [1.807, 2.05) is 0 Å². The lowest BCUT2D eigenvalue weighted by Gasteiger charge is -2.06. The molecule has 14 heavy (non-hydrogen) atoms. The Balaban J connectivity index is 2.72. The Labute approximate surface area is 86.9 Å². The highest BCUT2D eigenvalue weighted by Crippen LogP contribution is 2.26. The van der Waals surface area contributed by atoms with Gasteiger partial charge in [0.15, 0.2) is 0 Å². The summed E-state index contributed by atoms with van der Waals surface area (Å²) in [7, 11) is 1.67. The van der Waals surface area contributed by atoms with Crippen LogP contribution in [0.5, 0.6) is 5.75 Å². The molecule has 76 valence electrons. The molecule has 0 aliphatic rings. The third kappa shape index (κ3) is 2.90. The molecule has 0 aliphatic carbocycles. The molecule has 4 nitrogen and oxygen atoms in total. The molecule has 0 aromatic heterocycles. The van der Waals surface area contributed by atoms with Crippen molar-refractivity contribution in [1.29, 1.82) is 0 Å². The van der Waals surface area contributed by atoms with Crippen molar-refractivity contribution < 1.29 is 9.90 Å². The van der Waals surface area contributed by atoms with Crippen molar-refractivity contribution in [2.24, 2.45) is 0 Å². The number of carbonyl (C=O) groups is 1. The van der Waals surface area contributed by atoms with Gasteiger partial charge in [0.2, 0.25) is 5.91 Å². The minimum Gasteiger partial charge on any atom is -0.506 e. The lowest BCUT2D eigenvalue weighted by atomic mass is 10.3. The van der Waals surface area contributed by atoms with Gasteiger partial charge in [-0.3, -0.25) is 4.79 Å². The second-order valence-corrected chi connectivity index (χ2v) is 3.18. The summed E-state index contributed by atoms with van der Waals surface area (Å²) in [4.78, 5) is 11.1. The van der Waals surface area contributed by atoms with Gasteiger partial charge in [-0.2, -0.15) is 0 Å². The number of benzene rings is 1. The zero-order chi connectivity index (χ0) is 10.6. The summed E-state index contributed by atoms with van der Waals surface area (Å²) >= 11 is 5.63. The topological polar surface area (TPSA) is 61.4 Å². The van der Waals surface area contributed by atoms with Crippen LogP contribution >= 0.6 is 11.6 Å². The number of amides is 1. The number of phenols is 1. The van der Waals surface area contributed by atoms with Gasteiger partial charge >= 0.3 is 0 Å². The molecule has 0 bridgehead atoms. The Hall–Kier alpha value is -1.26. The van der Waals surface area contributed by atoms with E-state index in [4.69, 9.17) is 11.6 Å². The Kier molecular flexibility index (Phi) is 3.73. The molecule has 5 heteroatoms. The summed E-state index contributed by atoms with van der Waals surface area (Å²) in [6, 6.07) is 4.51. The van der Waals surface area contributed by atoms with Crippen molar-refractivity contribution >= 4 is 23.2 Å². The molecular weight excluding hydrogens is 204 g/mol. The van der Waals surface area contributed by atoms with Crippen LogP contribution in [0.4, 0.5) is 5.69 Å². The van der Waals surface area contributed by atoms with Crippen LogP contribution < -0.4 is 10.6 Å². The summed E-state index contributed by atoms with van der Waals surface area (Å²) in [5.41, 5.74) is 0.356. The molecule has 0 heterocycles. The van der Waals surface area contributed by atoms with Crippen LogP contribution in [0.2, 0.25) is 5.02 Å². The minimum absolute atomic E-state index is 0.0399. The number of likely N-dealkylation sites (N-methyl/N-ethyl adjacent to an activating group) is 1. The van der Waals surface area contributed by atoms with Crippen LogP contribution in [0.3, 0.4) is 0 Å².